The number of esters is 4. The molecular weight excluding hydrogens is 1140 g/mol. The molecule has 0 heterocycles. The van der Waals surface area contributed by atoms with E-state index in [1.807, 2.05) is 0 Å². The highest BCUT2D eigenvalue weighted by molar-refractivity contribution is 5.84. The van der Waals surface area contributed by atoms with Gasteiger partial charge in [0.15, 0.2) is 0 Å². The Labute approximate surface area is 524 Å². The first-order valence-electron chi connectivity index (χ1n) is 31.2. The zero-order chi connectivity index (χ0) is 68.5. The number of amides is 4. The Morgan fingerprint density at radius 2 is 0.398 bits per heavy atom. The number of carbonyl (C=O) groups is 8. The van der Waals surface area contributed by atoms with Crippen LogP contribution in [0.5, 0.6) is 0 Å². The molecule has 4 amide bonds. The standard InChI is InChI=1S/4C16H29NO5/c4*1-15(2,3)21-13(19)12(10-8-7-9-11(10)18)17-14(20)22-16(4,5)6/h4*10-12,18H,7-9H2,1-6H3,(H,17,20)/t2*10-,11-,12+;2*10-,11-,12-/m1010/s1. The van der Waals surface area contributed by atoms with Crippen molar-refractivity contribution in [1.29, 1.82) is 0 Å². The van der Waals surface area contributed by atoms with Gasteiger partial charge in [-0.05, 0) is 218 Å². The van der Waals surface area contributed by atoms with Crippen molar-refractivity contribution < 1.29 is 96.7 Å². The molecule has 88 heavy (non-hydrogen) atoms. The van der Waals surface area contributed by atoms with E-state index in [2.05, 4.69) is 21.3 Å². The minimum Gasteiger partial charge on any atom is -0.458 e. The van der Waals surface area contributed by atoms with E-state index in [4.69, 9.17) is 37.9 Å². The molecule has 0 bridgehead atoms. The van der Waals surface area contributed by atoms with Crippen LogP contribution in [0.25, 0.3) is 0 Å². The Kier molecular flexibility index (Phi) is 30.5. The third-order valence-corrected chi connectivity index (χ3v) is 13.2. The molecular formula is C64H116N4O20. The average Bonchev–Trinajstić information content (AvgIpc) is 4.11. The topological polar surface area (TPSA) is 339 Å². The smallest absolute Gasteiger partial charge is 0.408 e. The Bertz CT molecular complexity index is 1940. The van der Waals surface area contributed by atoms with E-state index in [1.165, 1.54) is 0 Å². The van der Waals surface area contributed by atoms with Gasteiger partial charge in [-0.15, -0.1) is 0 Å². The van der Waals surface area contributed by atoms with E-state index < -0.39 is 142 Å². The summed E-state index contributed by atoms with van der Waals surface area (Å²) in [6.45, 7) is 42.2. The van der Waals surface area contributed by atoms with Crippen LogP contribution < -0.4 is 21.3 Å². The van der Waals surface area contributed by atoms with Gasteiger partial charge in [-0.2, -0.15) is 0 Å². The molecule has 12 atom stereocenters. The second-order valence-electron chi connectivity index (χ2n) is 31.3. The molecule has 0 radical (unpaired) electrons. The van der Waals surface area contributed by atoms with Crippen LogP contribution in [0.4, 0.5) is 19.2 Å². The van der Waals surface area contributed by atoms with E-state index in [1.54, 1.807) is 166 Å². The maximum Gasteiger partial charge on any atom is 0.408 e. The fourth-order valence-electron chi connectivity index (χ4n) is 9.99. The molecule has 24 nitrogen and oxygen atoms in total. The van der Waals surface area contributed by atoms with Crippen molar-refractivity contribution in [3.63, 3.8) is 0 Å². The van der Waals surface area contributed by atoms with Crippen LogP contribution in [0.1, 0.15) is 243 Å². The highest BCUT2D eigenvalue weighted by atomic mass is 16.6. The number of alkyl carbamates (subject to hydrolysis) is 4. The van der Waals surface area contributed by atoms with E-state index in [0.29, 0.717) is 51.4 Å². The predicted octanol–water partition coefficient (Wildman–Crippen LogP) is 9.53. The fourth-order valence-corrected chi connectivity index (χ4v) is 9.99. The summed E-state index contributed by atoms with van der Waals surface area (Å²) in [6.07, 6.45) is 3.27. The molecule has 512 valence electrons. The van der Waals surface area contributed by atoms with Crippen LogP contribution in [-0.4, -0.2) is 162 Å². The molecule has 8 N–H and O–H groups in total. The Morgan fingerprint density at radius 1 is 0.261 bits per heavy atom. The molecule has 24 heteroatoms. The summed E-state index contributed by atoms with van der Waals surface area (Å²) in [5.74, 6) is -3.53. The van der Waals surface area contributed by atoms with Gasteiger partial charge in [0.05, 0.1) is 24.4 Å². The van der Waals surface area contributed by atoms with E-state index in [-0.39, 0.29) is 23.7 Å². The molecule has 0 aromatic rings. The second-order valence-corrected chi connectivity index (χ2v) is 31.3. The monoisotopic (exact) mass is 1260 g/mol. The van der Waals surface area contributed by atoms with Gasteiger partial charge in [-0.25, -0.2) is 38.4 Å². The Hall–Kier alpha value is -5.20. The molecule has 4 saturated carbocycles. The predicted molar refractivity (Wildman–Crippen MR) is 329 cm³/mol. The molecule has 4 aliphatic carbocycles. The second kappa shape index (κ2) is 33.2. The van der Waals surface area contributed by atoms with Gasteiger partial charge in [0.2, 0.25) is 0 Å². The van der Waals surface area contributed by atoms with Crippen molar-refractivity contribution >= 4 is 48.3 Å². The molecule has 0 aromatic heterocycles. The van der Waals surface area contributed by atoms with Gasteiger partial charge >= 0.3 is 48.3 Å². The molecule has 0 aromatic carbocycles. The zero-order valence-electron chi connectivity index (χ0n) is 57.7. The number of aliphatic hydroxyl groups is 4. The Balaban J connectivity index is 0.000000587. The fraction of sp³-hybridized carbons (Fsp3) is 0.875. The maximum atomic E-state index is 12.4. The summed E-state index contributed by atoms with van der Waals surface area (Å²) in [4.78, 5) is 97.5. The summed E-state index contributed by atoms with van der Waals surface area (Å²) >= 11 is 0. The first-order chi connectivity index (χ1) is 39.6. The van der Waals surface area contributed by atoms with Gasteiger partial charge in [0, 0.05) is 23.7 Å². The quantitative estimate of drug-likeness (QED) is 0.0665. The normalized spacial score (nSPS) is 23.8. The van der Waals surface area contributed by atoms with Crippen LogP contribution in [0.2, 0.25) is 0 Å². The van der Waals surface area contributed by atoms with Crippen molar-refractivity contribution in [2.45, 2.75) is 337 Å². The number of hydrogen-bond donors (Lipinski definition) is 8. The summed E-state index contributed by atoms with van der Waals surface area (Å²) < 4.78 is 42.3. The lowest BCUT2D eigenvalue weighted by molar-refractivity contribution is -0.161. The van der Waals surface area contributed by atoms with Gasteiger partial charge < -0.3 is 79.6 Å². The minimum atomic E-state index is -0.897. The van der Waals surface area contributed by atoms with Crippen LogP contribution in [0.3, 0.4) is 0 Å². The Morgan fingerprint density at radius 3 is 0.500 bits per heavy atom. The summed E-state index contributed by atoms with van der Waals surface area (Å²) in [7, 11) is 0. The van der Waals surface area contributed by atoms with Crippen LogP contribution in [-0.2, 0) is 57.1 Å². The maximum absolute atomic E-state index is 12.4. The number of hydrogen-bond acceptors (Lipinski definition) is 20. The SMILES string of the molecule is CC(C)(C)OC(=O)N[C@@H](C(=O)OC(C)(C)C)[C@@H]1CCC[C@H]1O.CC(C)(C)OC(=O)N[C@@H](C(=O)OC(C)(C)C)[C@H]1CCC[C@@H]1O.CC(C)(C)OC(=O)N[C@H](C(=O)OC(C)(C)C)[C@@H]1CCC[C@H]1O.CC(C)(C)OC(=O)N[C@H](C(=O)OC(C)(C)C)[C@H]1CCC[C@@H]1O. The minimum absolute atomic E-state index is 0.345. The van der Waals surface area contributed by atoms with Crippen LogP contribution in [0, 0.1) is 23.7 Å². The number of nitrogens with one attached hydrogen (secondary N) is 4. The molecule has 0 aliphatic heterocycles. The van der Waals surface area contributed by atoms with Crippen molar-refractivity contribution in [3.05, 3.63) is 0 Å². The molecule has 4 aliphatic rings. The summed E-state index contributed by atoms with van der Waals surface area (Å²) in [6, 6.07) is -3.59. The third-order valence-electron chi connectivity index (χ3n) is 13.2. The first kappa shape index (κ1) is 80.8. The summed E-state index contributed by atoms with van der Waals surface area (Å²) in [5.41, 5.74) is -5.26. The lowest BCUT2D eigenvalue weighted by Crippen LogP contribution is -2.51. The van der Waals surface area contributed by atoms with Crippen molar-refractivity contribution in [2.75, 3.05) is 0 Å². The molecule has 4 fully saturated rings. The van der Waals surface area contributed by atoms with Crippen molar-refractivity contribution in [3.8, 4) is 0 Å². The number of carbonyl (C=O) groups excluding carboxylic acids is 8. The van der Waals surface area contributed by atoms with Gasteiger partial charge in [-0.1, -0.05) is 25.7 Å². The lowest BCUT2D eigenvalue weighted by atomic mass is 9.96. The molecule has 4 rings (SSSR count). The van der Waals surface area contributed by atoms with Gasteiger partial charge in [0.1, 0.15) is 69.0 Å². The highest BCUT2D eigenvalue weighted by Gasteiger charge is 2.45. The average molecular weight is 1260 g/mol. The lowest BCUT2D eigenvalue weighted by Gasteiger charge is -2.30. The van der Waals surface area contributed by atoms with Gasteiger partial charge in [0.25, 0.3) is 0 Å². The van der Waals surface area contributed by atoms with Crippen LogP contribution in [0.15, 0.2) is 0 Å². The number of ether oxygens (including phenoxy) is 8. The third kappa shape index (κ3) is 34.1. The van der Waals surface area contributed by atoms with Gasteiger partial charge in [-0.3, -0.25) is 0 Å². The molecule has 0 saturated heterocycles. The molecule has 0 spiro atoms. The largest absolute Gasteiger partial charge is 0.458 e. The van der Waals surface area contributed by atoms with Crippen molar-refractivity contribution in [1.82, 2.24) is 21.3 Å². The highest BCUT2D eigenvalue weighted by Crippen LogP contribution is 2.34. The van der Waals surface area contributed by atoms with Crippen molar-refractivity contribution in [2.24, 2.45) is 23.7 Å². The summed E-state index contributed by atoms with van der Waals surface area (Å²) in [5, 5.41) is 50.5. The number of aliphatic hydroxyl groups excluding tert-OH is 4. The van der Waals surface area contributed by atoms with E-state index in [9.17, 15) is 58.8 Å². The first-order valence-corrected chi connectivity index (χ1v) is 31.2. The number of rotatable bonds is 12. The van der Waals surface area contributed by atoms with E-state index in [0.717, 1.165) is 25.7 Å². The van der Waals surface area contributed by atoms with E-state index >= 15 is 0 Å². The molecule has 0 unspecified atom stereocenters. The zero-order valence-corrected chi connectivity index (χ0v) is 57.7. The van der Waals surface area contributed by atoms with Crippen LogP contribution >= 0.6 is 0 Å².